The number of rotatable bonds is 10. The maximum Gasteiger partial charge on any atom is 0.406 e. The lowest BCUT2D eigenvalue weighted by Gasteiger charge is -2.06. The molecule has 0 radical (unpaired) electrons. The number of nitrogens with zero attached hydrogens (tertiary/aromatic N) is 3. The molecule has 19 heavy (non-hydrogen) atoms. The van der Waals surface area contributed by atoms with E-state index in [4.69, 9.17) is 9.47 Å². The molecule has 0 aliphatic heterocycles. The van der Waals surface area contributed by atoms with Crippen molar-refractivity contribution in [3.63, 3.8) is 0 Å². The molecule has 1 heterocycles. The summed E-state index contributed by atoms with van der Waals surface area (Å²) in [4.78, 5) is 14.0. The van der Waals surface area contributed by atoms with Gasteiger partial charge < -0.3 is 24.9 Å². The quantitative estimate of drug-likeness (QED) is 0.391. The first-order valence-electron chi connectivity index (χ1n) is 6.13. The lowest BCUT2D eigenvalue weighted by Crippen LogP contribution is -2.09. The smallest absolute Gasteiger partial charge is 0.382 e. The Morgan fingerprint density at radius 3 is 2.89 bits per heavy atom. The van der Waals surface area contributed by atoms with Gasteiger partial charge in [-0.25, -0.2) is 0 Å². The van der Waals surface area contributed by atoms with Gasteiger partial charge in [-0.1, -0.05) is 0 Å². The summed E-state index contributed by atoms with van der Waals surface area (Å²) in [6.07, 6.45) is 3.19. The number of imidazole rings is 1. The Balaban J connectivity index is 2.19. The summed E-state index contributed by atoms with van der Waals surface area (Å²) in [6.45, 7) is 2.50. The van der Waals surface area contributed by atoms with Crippen LogP contribution in [0.4, 0.5) is 11.6 Å². The molecule has 0 aliphatic carbocycles. The van der Waals surface area contributed by atoms with Gasteiger partial charge in [-0.3, -0.25) is 4.57 Å². The normalized spacial score (nSPS) is 10.6. The van der Waals surface area contributed by atoms with E-state index in [1.54, 1.807) is 18.7 Å². The van der Waals surface area contributed by atoms with Crippen molar-refractivity contribution in [3.05, 3.63) is 16.4 Å². The average molecular weight is 272 g/mol. The van der Waals surface area contributed by atoms with E-state index in [-0.39, 0.29) is 5.82 Å². The van der Waals surface area contributed by atoms with Gasteiger partial charge in [0, 0.05) is 27.3 Å². The summed E-state index contributed by atoms with van der Waals surface area (Å²) in [5, 5.41) is 13.8. The number of aryl methyl sites for hydroxylation is 1. The molecular weight excluding hydrogens is 252 g/mol. The molecule has 0 aliphatic rings. The second-order valence-corrected chi connectivity index (χ2v) is 4.02. The minimum atomic E-state index is -0.490. The molecule has 0 saturated heterocycles. The summed E-state index contributed by atoms with van der Waals surface area (Å²) >= 11 is 0. The van der Waals surface area contributed by atoms with Crippen molar-refractivity contribution in [1.29, 1.82) is 0 Å². The van der Waals surface area contributed by atoms with Crippen molar-refractivity contribution in [2.75, 3.05) is 38.8 Å². The van der Waals surface area contributed by atoms with Crippen LogP contribution in [0.1, 0.15) is 12.8 Å². The van der Waals surface area contributed by atoms with Gasteiger partial charge in [-0.2, -0.15) is 0 Å². The molecule has 0 unspecified atom stereocenters. The summed E-state index contributed by atoms with van der Waals surface area (Å²) in [6, 6.07) is 0. The molecule has 0 amide bonds. The molecule has 0 atom stereocenters. The minimum absolute atomic E-state index is 0.140. The first-order valence-corrected chi connectivity index (χ1v) is 6.13. The van der Waals surface area contributed by atoms with Crippen molar-refractivity contribution < 1.29 is 14.4 Å². The van der Waals surface area contributed by atoms with Gasteiger partial charge in [-0.15, -0.1) is 0 Å². The number of aromatic nitrogens is 2. The van der Waals surface area contributed by atoms with Crippen LogP contribution in [0.3, 0.4) is 0 Å². The van der Waals surface area contributed by atoms with Crippen molar-refractivity contribution in [2.45, 2.75) is 12.8 Å². The van der Waals surface area contributed by atoms with Crippen LogP contribution < -0.4 is 5.32 Å². The number of hydrogen-bond acceptors (Lipinski definition) is 6. The van der Waals surface area contributed by atoms with Gasteiger partial charge in [0.15, 0.2) is 0 Å². The number of anilines is 1. The number of methoxy groups -OCH3 is 1. The summed E-state index contributed by atoms with van der Waals surface area (Å²) in [7, 11) is 3.35. The lowest BCUT2D eigenvalue weighted by atomic mass is 10.3. The molecule has 0 aromatic carbocycles. The third kappa shape index (κ3) is 5.23. The van der Waals surface area contributed by atoms with Gasteiger partial charge in [-0.05, 0) is 22.7 Å². The Hall–Kier alpha value is -1.67. The van der Waals surface area contributed by atoms with Crippen LogP contribution >= 0.6 is 0 Å². The van der Waals surface area contributed by atoms with E-state index < -0.39 is 4.92 Å². The van der Waals surface area contributed by atoms with Crippen LogP contribution in [-0.4, -0.2) is 47.9 Å². The molecule has 8 heteroatoms. The van der Waals surface area contributed by atoms with Crippen LogP contribution in [0.15, 0.2) is 6.33 Å². The third-order valence-electron chi connectivity index (χ3n) is 2.53. The first kappa shape index (κ1) is 15.4. The SMILES string of the molecule is COCCOCCCCNc1c([N+](=O)[O-])ncn1C. The molecule has 1 rings (SSSR count). The summed E-state index contributed by atoms with van der Waals surface area (Å²) < 4.78 is 11.8. The number of nitrogens with one attached hydrogen (secondary N) is 1. The second kappa shape index (κ2) is 8.44. The van der Waals surface area contributed by atoms with Crippen LogP contribution in [0.5, 0.6) is 0 Å². The van der Waals surface area contributed by atoms with Gasteiger partial charge in [0.05, 0.1) is 13.2 Å². The largest absolute Gasteiger partial charge is 0.406 e. The molecular formula is C11H20N4O4. The predicted octanol–water partition coefficient (Wildman–Crippen LogP) is 1.18. The Kier molecular flexibility index (Phi) is 6.83. The minimum Gasteiger partial charge on any atom is -0.382 e. The zero-order valence-electron chi connectivity index (χ0n) is 11.3. The molecule has 1 aromatic heterocycles. The molecule has 8 nitrogen and oxygen atoms in total. The molecule has 0 saturated carbocycles. The Bertz CT molecular complexity index is 394. The standard InChI is InChI=1S/C11H20N4O4/c1-14-9-13-11(15(16)17)10(14)12-5-3-4-6-19-8-7-18-2/h9,12H,3-8H2,1-2H3. The highest BCUT2D eigenvalue weighted by molar-refractivity contribution is 5.51. The average Bonchev–Trinajstić information content (AvgIpc) is 2.74. The Morgan fingerprint density at radius 2 is 2.21 bits per heavy atom. The van der Waals surface area contributed by atoms with Gasteiger partial charge in [0.2, 0.25) is 12.1 Å². The van der Waals surface area contributed by atoms with Crippen molar-refractivity contribution in [3.8, 4) is 0 Å². The summed E-state index contributed by atoms with van der Waals surface area (Å²) in [5.41, 5.74) is 0. The number of unbranched alkanes of at least 4 members (excludes halogenated alkanes) is 1. The maximum absolute atomic E-state index is 10.7. The zero-order valence-corrected chi connectivity index (χ0v) is 11.3. The highest BCUT2D eigenvalue weighted by Gasteiger charge is 2.18. The molecule has 0 bridgehead atoms. The van der Waals surface area contributed by atoms with E-state index in [2.05, 4.69) is 10.3 Å². The Labute approximate surface area is 111 Å². The lowest BCUT2D eigenvalue weighted by molar-refractivity contribution is -0.388. The molecule has 108 valence electrons. The topological polar surface area (TPSA) is 91.4 Å². The Morgan fingerprint density at radius 1 is 1.42 bits per heavy atom. The van der Waals surface area contributed by atoms with E-state index in [1.807, 2.05) is 0 Å². The van der Waals surface area contributed by atoms with Crippen molar-refractivity contribution in [2.24, 2.45) is 7.05 Å². The fourth-order valence-corrected chi connectivity index (χ4v) is 1.54. The second-order valence-electron chi connectivity index (χ2n) is 4.02. The van der Waals surface area contributed by atoms with E-state index in [1.165, 1.54) is 6.33 Å². The van der Waals surface area contributed by atoms with Crippen LogP contribution in [0.25, 0.3) is 0 Å². The highest BCUT2D eigenvalue weighted by Crippen LogP contribution is 2.20. The van der Waals surface area contributed by atoms with Crippen LogP contribution in [0.2, 0.25) is 0 Å². The fourth-order valence-electron chi connectivity index (χ4n) is 1.54. The van der Waals surface area contributed by atoms with E-state index in [0.29, 0.717) is 32.2 Å². The van der Waals surface area contributed by atoms with E-state index >= 15 is 0 Å². The molecule has 0 fully saturated rings. The first-order chi connectivity index (χ1) is 9.16. The highest BCUT2D eigenvalue weighted by atomic mass is 16.6. The molecule has 1 N–H and O–H groups in total. The molecule has 0 spiro atoms. The summed E-state index contributed by atoms with van der Waals surface area (Å²) in [5.74, 6) is 0.296. The zero-order chi connectivity index (χ0) is 14.1. The number of hydrogen-bond donors (Lipinski definition) is 1. The van der Waals surface area contributed by atoms with Gasteiger partial charge >= 0.3 is 5.82 Å². The van der Waals surface area contributed by atoms with Crippen LogP contribution in [0, 0.1) is 10.1 Å². The van der Waals surface area contributed by atoms with Crippen molar-refractivity contribution in [1.82, 2.24) is 9.55 Å². The predicted molar refractivity (Wildman–Crippen MR) is 70.3 cm³/mol. The fraction of sp³-hybridized carbons (Fsp3) is 0.727. The van der Waals surface area contributed by atoms with E-state index in [0.717, 1.165) is 12.8 Å². The third-order valence-corrected chi connectivity index (χ3v) is 2.53. The number of ether oxygens (including phenoxy) is 2. The van der Waals surface area contributed by atoms with Gasteiger partial charge in [0.1, 0.15) is 0 Å². The molecule has 1 aromatic rings. The monoisotopic (exact) mass is 272 g/mol. The maximum atomic E-state index is 10.7. The van der Waals surface area contributed by atoms with Crippen molar-refractivity contribution >= 4 is 11.6 Å². The number of nitro groups is 1. The van der Waals surface area contributed by atoms with Crippen LogP contribution in [-0.2, 0) is 16.5 Å². The van der Waals surface area contributed by atoms with E-state index in [9.17, 15) is 10.1 Å². The van der Waals surface area contributed by atoms with Gasteiger partial charge in [0.25, 0.3) is 0 Å².